The number of nitrogens with zero attached hydrogens (tertiary/aromatic N) is 1. The first-order chi connectivity index (χ1) is 6.52. The Balaban J connectivity index is 3.12. The Morgan fingerprint density at radius 1 is 1.57 bits per heavy atom. The zero-order valence-corrected chi connectivity index (χ0v) is 7.51. The molecule has 0 aromatic heterocycles. The first-order valence-corrected chi connectivity index (χ1v) is 3.95. The van der Waals surface area contributed by atoms with E-state index in [0.717, 1.165) is 5.56 Å². The fraction of sp³-hybridized carbons (Fsp3) is 0.222. The van der Waals surface area contributed by atoms with E-state index in [0.29, 0.717) is 0 Å². The summed E-state index contributed by atoms with van der Waals surface area (Å²) >= 11 is 0. The van der Waals surface area contributed by atoms with Gasteiger partial charge in [-0.1, -0.05) is 23.8 Å². The number of carboxylic acid groups (broad SMARTS) is 1. The number of aryl methyl sites for hydroxylation is 1. The number of hydrogen-bond acceptors (Lipinski definition) is 3. The molecule has 1 unspecified atom stereocenters. The third kappa shape index (κ3) is 2.07. The van der Waals surface area contributed by atoms with Crippen LogP contribution in [0.4, 0.5) is 0 Å². The van der Waals surface area contributed by atoms with Crippen LogP contribution >= 0.6 is 0 Å². The van der Waals surface area contributed by atoms with Crippen LogP contribution in [0.1, 0.15) is 17.2 Å². The Hall–Kier alpha value is -1.91. The van der Waals surface area contributed by atoms with Crippen LogP contribution < -0.4 is 0 Å². The van der Waals surface area contributed by atoms with Crippen LogP contribution in [0.25, 0.3) is 0 Å². The van der Waals surface area contributed by atoms with Crippen molar-refractivity contribution in [3.8, 4) is 0 Å². The lowest BCUT2D eigenvalue weighted by Crippen LogP contribution is -2.20. The van der Waals surface area contributed by atoms with Gasteiger partial charge in [0.2, 0.25) is 0 Å². The smallest absolute Gasteiger partial charge is 0.384 e. The van der Waals surface area contributed by atoms with Crippen molar-refractivity contribution >= 4 is 5.97 Å². The van der Waals surface area contributed by atoms with Gasteiger partial charge in [-0.25, -0.2) is 4.79 Å². The van der Waals surface area contributed by atoms with E-state index in [-0.39, 0.29) is 5.56 Å². The maximum Gasteiger partial charge on any atom is 0.384 e. The molecule has 1 N–H and O–H groups in total. The van der Waals surface area contributed by atoms with E-state index in [1.807, 2.05) is 0 Å². The molecule has 0 amide bonds. The van der Waals surface area contributed by atoms with Crippen molar-refractivity contribution in [3.63, 3.8) is 0 Å². The lowest BCUT2D eigenvalue weighted by atomic mass is 10.1. The third-order valence-electron chi connectivity index (χ3n) is 1.80. The molecule has 0 saturated heterocycles. The molecule has 5 heteroatoms. The fourth-order valence-electron chi connectivity index (χ4n) is 1.19. The molecule has 0 saturated carbocycles. The molecular weight excluding hydrogens is 186 g/mol. The molecule has 0 aliphatic rings. The molecule has 1 aromatic carbocycles. The molecule has 0 aliphatic heterocycles. The van der Waals surface area contributed by atoms with Crippen LogP contribution in [0.3, 0.4) is 0 Å². The fourth-order valence-corrected chi connectivity index (χ4v) is 1.19. The number of carbonyl (C=O) groups is 1. The summed E-state index contributed by atoms with van der Waals surface area (Å²) < 4.78 is 0. The summed E-state index contributed by atoms with van der Waals surface area (Å²) in [5.74, 6) is -1.44. The predicted molar refractivity (Wildman–Crippen MR) is 48.6 cm³/mol. The Kier molecular flexibility index (Phi) is 2.81. The Morgan fingerprint density at radius 2 is 2.21 bits per heavy atom. The summed E-state index contributed by atoms with van der Waals surface area (Å²) in [7, 11) is 0. The number of nitro groups is 1. The second-order valence-electron chi connectivity index (χ2n) is 2.94. The number of hydrogen-bond donors (Lipinski definition) is 1. The van der Waals surface area contributed by atoms with Crippen molar-refractivity contribution in [2.45, 2.75) is 13.0 Å². The van der Waals surface area contributed by atoms with E-state index in [2.05, 4.69) is 0 Å². The molecule has 0 fully saturated rings. The zero-order valence-electron chi connectivity index (χ0n) is 7.51. The highest BCUT2D eigenvalue weighted by atomic mass is 16.6. The highest BCUT2D eigenvalue weighted by Gasteiger charge is 2.31. The minimum Gasteiger partial charge on any atom is -0.476 e. The SMILES string of the molecule is Cc1cccc(C(C(=O)O)[N+](=O)[O-])c1. The minimum absolute atomic E-state index is 0.197. The van der Waals surface area contributed by atoms with Gasteiger partial charge in [-0.2, -0.15) is 0 Å². The largest absolute Gasteiger partial charge is 0.476 e. The predicted octanol–water partition coefficient (Wildman–Crippen LogP) is 1.40. The molecule has 5 nitrogen and oxygen atoms in total. The monoisotopic (exact) mass is 195 g/mol. The third-order valence-corrected chi connectivity index (χ3v) is 1.80. The van der Waals surface area contributed by atoms with Crippen molar-refractivity contribution in [1.29, 1.82) is 0 Å². The molecule has 1 rings (SSSR count). The van der Waals surface area contributed by atoms with E-state index >= 15 is 0 Å². The van der Waals surface area contributed by atoms with Crippen molar-refractivity contribution in [3.05, 3.63) is 45.5 Å². The summed E-state index contributed by atoms with van der Waals surface area (Å²) in [6, 6.07) is 4.62. The lowest BCUT2D eigenvalue weighted by molar-refractivity contribution is -0.516. The van der Waals surface area contributed by atoms with Crippen LogP contribution in [0.2, 0.25) is 0 Å². The van der Waals surface area contributed by atoms with E-state index in [9.17, 15) is 14.9 Å². The van der Waals surface area contributed by atoms with Crippen LogP contribution in [0.15, 0.2) is 24.3 Å². The van der Waals surface area contributed by atoms with E-state index in [4.69, 9.17) is 5.11 Å². The minimum atomic E-state index is -1.67. The van der Waals surface area contributed by atoms with E-state index < -0.39 is 16.9 Å². The van der Waals surface area contributed by atoms with Gasteiger partial charge in [0, 0.05) is 10.5 Å². The van der Waals surface area contributed by atoms with E-state index in [1.54, 1.807) is 19.1 Å². The second kappa shape index (κ2) is 3.87. The Labute approximate surface area is 80.1 Å². The van der Waals surface area contributed by atoms with Gasteiger partial charge in [0.1, 0.15) is 0 Å². The Bertz CT molecular complexity index is 361. The Morgan fingerprint density at radius 3 is 2.64 bits per heavy atom. The highest BCUT2D eigenvalue weighted by Crippen LogP contribution is 2.17. The van der Waals surface area contributed by atoms with Crippen LogP contribution in [0, 0.1) is 17.0 Å². The van der Waals surface area contributed by atoms with Crippen molar-refractivity contribution < 1.29 is 14.8 Å². The van der Waals surface area contributed by atoms with Crippen molar-refractivity contribution in [1.82, 2.24) is 0 Å². The maximum absolute atomic E-state index is 10.6. The average Bonchev–Trinajstić information content (AvgIpc) is 2.02. The first kappa shape index (κ1) is 10.2. The molecular formula is C9H9NO4. The molecule has 1 atom stereocenters. The number of aliphatic carboxylic acids is 1. The molecule has 0 radical (unpaired) electrons. The summed E-state index contributed by atoms with van der Waals surface area (Å²) in [5, 5.41) is 19.1. The standard InChI is InChI=1S/C9H9NO4/c1-6-3-2-4-7(5-6)8(9(11)12)10(13)14/h2-5,8H,1H3,(H,11,12). The summed E-state index contributed by atoms with van der Waals surface area (Å²) in [4.78, 5) is 20.3. The number of rotatable bonds is 3. The van der Waals surface area contributed by atoms with Gasteiger partial charge in [0.05, 0.1) is 0 Å². The number of benzene rings is 1. The van der Waals surface area contributed by atoms with Gasteiger partial charge in [-0.05, 0) is 13.0 Å². The van der Waals surface area contributed by atoms with Crippen molar-refractivity contribution in [2.24, 2.45) is 0 Å². The zero-order chi connectivity index (χ0) is 10.7. The molecule has 0 spiro atoms. The molecule has 74 valence electrons. The normalized spacial score (nSPS) is 12.1. The van der Waals surface area contributed by atoms with Gasteiger partial charge >= 0.3 is 12.0 Å². The molecule has 0 aliphatic carbocycles. The average molecular weight is 195 g/mol. The van der Waals surface area contributed by atoms with Crippen LogP contribution in [-0.2, 0) is 4.79 Å². The van der Waals surface area contributed by atoms with E-state index in [1.165, 1.54) is 12.1 Å². The summed E-state index contributed by atoms with van der Waals surface area (Å²) in [6.45, 7) is 1.75. The van der Waals surface area contributed by atoms with Gasteiger partial charge in [0.15, 0.2) is 0 Å². The molecule has 14 heavy (non-hydrogen) atoms. The maximum atomic E-state index is 10.6. The molecule has 1 aromatic rings. The van der Waals surface area contributed by atoms with Gasteiger partial charge in [0.25, 0.3) is 0 Å². The quantitative estimate of drug-likeness (QED) is 0.583. The lowest BCUT2D eigenvalue weighted by Gasteiger charge is -2.04. The van der Waals surface area contributed by atoms with Gasteiger partial charge < -0.3 is 5.11 Å². The molecule has 0 bridgehead atoms. The molecule has 0 heterocycles. The summed E-state index contributed by atoms with van der Waals surface area (Å²) in [5.41, 5.74) is 0.998. The topological polar surface area (TPSA) is 80.4 Å². The second-order valence-corrected chi connectivity index (χ2v) is 2.94. The summed E-state index contributed by atoms with van der Waals surface area (Å²) in [6.07, 6.45) is 0. The van der Waals surface area contributed by atoms with Gasteiger partial charge in [-0.3, -0.25) is 10.1 Å². The van der Waals surface area contributed by atoms with Crippen molar-refractivity contribution in [2.75, 3.05) is 0 Å². The number of carboxylic acids is 1. The van der Waals surface area contributed by atoms with Crippen LogP contribution in [0.5, 0.6) is 0 Å². The first-order valence-electron chi connectivity index (χ1n) is 3.95. The van der Waals surface area contributed by atoms with Gasteiger partial charge in [-0.15, -0.1) is 0 Å². The highest BCUT2D eigenvalue weighted by molar-refractivity contribution is 5.74. The van der Waals surface area contributed by atoms with Crippen LogP contribution in [-0.4, -0.2) is 16.0 Å².